The van der Waals surface area contributed by atoms with Gasteiger partial charge < -0.3 is 9.64 Å². The summed E-state index contributed by atoms with van der Waals surface area (Å²) < 4.78 is 44.1. The van der Waals surface area contributed by atoms with E-state index in [2.05, 4.69) is 4.98 Å². The minimum atomic E-state index is -4.47. The molecule has 0 radical (unpaired) electrons. The second-order valence-corrected chi connectivity index (χ2v) is 5.36. The van der Waals surface area contributed by atoms with Crippen LogP contribution in [0.3, 0.4) is 0 Å². The second kappa shape index (κ2) is 7.09. The van der Waals surface area contributed by atoms with Gasteiger partial charge in [0.1, 0.15) is 0 Å². The highest BCUT2D eigenvalue weighted by Crippen LogP contribution is 2.32. The molecule has 0 unspecified atom stereocenters. The monoisotopic (exact) mass is 316 g/mol. The predicted molar refractivity (Wildman–Crippen MR) is 74.1 cm³/mol. The number of amides is 1. The molecule has 0 bridgehead atoms. The van der Waals surface area contributed by atoms with E-state index in [0.29, 0.717) is 26.3 Å². The third-order valence-electron chi connectivity index (χ3n) is 3.75. The molecule has 1 aromatic rings. The van der Waals surface area contributed by atoms with E-state index in [1.165, 1.54) is 0 Å². The van der Waals surface area contributed by atoms with Gasteiger partial charge in [0.15, 0.2) is 0 Å². The van der Waals surface area contributed by atoms with Crippen LogP contribution in [0.5, 0.6) is 0 Å². The van der Waals surface area contributed by atoms with Crippen LogP contribution in [0.15, 0.2) is 18.5 Å². The Kier molecular flexibility index (Phi) is 5.39. The molecule has 0 N–H and O–H groups in total. The molecule has 1 aliphatic rings. The van der Waals surface area contributed by atoms with E-state index < -0.39 is 11.7 Å². The molecule has 4 nitrogen and oxygen atoms in total. The van der Waals surface area contributed by atoms with Gasteiger partial charge in [0, 0.05) is 38.0 Å². The molecule has 1 atom stereocenters. The van der Waals surface area contributed by atoms with E-state index in [1.807, 2.05) is 6.92 Å². The van der Waals surface area contributed by atoms with Gasteiger partial charge in [0.2, 0.25) is 5.91 Å². The Morgan fingerprint density at radius 2 is 2.27 bits per heavy atom. The van der Waals surface area contributed by atoms with Crippen LogP contribution in [0.1, 0.15) is 24.5 Å². The Hall–Kier alpha value is -1.63. The van der Waals surface area contributed by atoms with Gasteiger partial charge in [-0.3, -0.25) is 9.78 Å². The highest BCUT2D eigenvalue weighted by atomic mass is 19.4. The lowest BCUT2D eigenvalue weighted by Crippen LogP contribution is -2.31. The van der Waals surface area contributed by atoms with Crippen LogP contribution in [0.2, 0.25) is 0 Å². The molecule has 22 heavy (non-hydrogen) atoms. The van der Waals surface area contributed by atoms with E-state index in [1.54, 1.807) is 4.90 Å². The van der Waals surface area contributed by atoms with Crippen LogP contribution >= 0.6 is 0 Å². The van der Waals surface area contributed by atoms with Gasteiger partial charge in [0.25, 0.3) is 0 Å². The van der Waals surface area contributed by atoms with Gasteiger partial charge in [-0.15, -0.1) is 0 Å². The van der Waals surface area contributed by atoms with E-state index in [9.17, 15) is 18.0 Å². The van der Waals surface area contributed by atoms with E-state index in [0.717, 1.165) is 24.9 Å². The average Bonchev–Trinajstić information content (AvgIpc) is 2.93. The fourth-order valence-corrected chi connectivity index (χ4v) is 2.60. The standard InChI is InChI=1S/C15H19F3N2O2/c1-2-22-10-11-4-6-20(9-11)14(21)7-12-8-19-5-3-13(12)15(16,17)18/h3,5,8,11H,2,4,6-7,9-10H2,1H3/t11-/m1/s1. The number of hydrogen-bond acceptors (Lipinski definition) is 3. The van der Waals surface area contributed by atoms with Crippen molar-refractivity contribution in [3.63, 3.8) is 0 Å². The van der Waals surface area contributed by atoms with Crippen LogP contribution in [0.25, 0.3) is 0 Å². The van der Waals surface area contributed by atoms with Gasteiger partial charge in [-0.1, -0.05) is 0 Å². The zero-order chi connectivity index (χ0) is 16.2. The normalized spacial score (nSPS) is 18.7. The zero-order valence-electron chi connectivity index (χ0n) is 12.4. The van der Waals surface area contributed by atoms with Crippen molar-refractivity contribution in [1.82, 2.24) is 9.88 Å². The lowest BCUT2D eigenvalue weighted by molar-refractivity contribution is -0.138. The quantitative estimate of drug-likeness (QED) is 0.838. The first-order valence-corrected chi connectivity index (χ1v) is 7.27. The predicted octanol–water partition coefficient (Wildman–Crippen LogP) is 2.53. The molecule has 1 amide bonds. The van der Waals surface area contributed by atoms with Crippen molar-refractivity contribution in [3.8, 4) is 0 Å². The smallest absolute Gasteiger partial charge is 0.381 e. The highest BCUT2D eigenvalue weighted by Gasteiger charge is 2.34. The number of halogens is 3. The van der Waals surface area contributed by atoms with Gasteiger partial charge in [0.05, 0.1) is 18.6 Å². The number of rotatable bonds is 5. The first-order chi connectivity index (χ1) is 10.4. The highest BCUT2D eigenvalue weighted by molar-refractivity contribution is 5.79. The largest absolute Gasteiger partial charge is 0.416 e. The molecule has 7 heteroatoms. The summed E-state index contributed by atoms with van der Waals surface area (Å²) in [6, 6.07) is 0.907. The molecule has 122 valence electrons. The topological polar surface area (TPSA) is 42.4 Å². The number of pyridine rings is 1. The molecule has 0 aliphatic carbocycles. The number of nitrogens with zero attached hydrogens (tertiary/aromatic N) is 2. The van der Waals surface area contributed by atoms with Crippen LogP contribution < -0.4 is 0 Å². The minimum absolute atomic E-state index is 0.0757. The van der Waals surface area contributed by atoms with Crippen molar-refractivity contribution in [2.75, 3.05) is 26.3 Å². The molecule has 1 aromatic heterocycles. The number of hydrogen-bond donors (Lipinski definition) is 0. The first-order valence-electron chi connectivity index (χ1n) is 7.27. The maximum Gasteiger partial charge on any atom is 0.416 e. The summed E-state index contributed by atoms with van der Waals surface area (Å²) in [7, 11) is 0. The van der Waals surface area contributed by atoms with Crippen LogP contribution in [-0.4, -0.2) is 42.1 Å². The third-order valence-corrected chi connectivity index (χ3v) is 3.75. The summed E-state index contributed by atoms with van der Waals surface area (Å²) in [5.41, 5.74) is -0.867. The van der Waals surface area contributed by atoms with Crippen molar-refractivity contribution in [2.24, 2.45) is 5.92 Å². The fourth-order valence-electron chi connectivity index (χ4n) is 2.60. The third kappa shape index (κ3) is 4.19. The Labute approximate surface area is 127 Å². The Morgan fingerprint density at radius 1 is 1.50 bits per heavy atom. The summed E-state index contributed by atoms with van der Waals surface area (Å²) in [5.74, 6) is -0.0302. The summed E-state index contributed by atoms with van der Waals surface area (Å²) >= 11 is 0. The van der Waals surface area contributed by atoms with Crippen LogP contribution in [0.4, 0.5) is 13.2 Å². The van der Waals surface area contributed by atoms with Crippen molar-refractivity contribution in [1.29, 1.82) is 0 Å². The minimum Gasteiger partial charge on any atom is -0.381 e. The van der Waals surface area contributed by atoms with Crippen molar-refractivity contribution < 1.29 is 22.7 Å². The van der Waals surface area contributed by atoms with Crippen LogP contribution in [-0.2, 0) is 22.1 Å². The second-order valence-electron chi connectivity index (χ2n) is 5.36. The lowest BCUT2D eigenvalue weighted by Gasteiger charge is -2.18. The number of ether oxygens (including phenoxy) is 1. The summed E-state index contributed by atoms with van der Waals surface area (Å²) in [5, 5.41) is 0. The molecule has 2 heterocycles. The fraction of sp³-hybridized carbons (Fsp3) is 0.600. The molecule has 0 spiro atoms. The van der Waals surface area contributed by atoms with Gasteiger partial charge in [-0.05, 0) is 25.0 Å². The molecule has 0 saturated carbocycles. The number of alkyl halides is 3. The Bertz CT molecular complexity index is 520. The molecule has 0 aromatic carbocycles. The van der Waals surface area contributed by atoms with Crippen molar-refractivity contribution >= 4 is 5.91 Å². The molecule has 1 saturated heterocycles. The lowest BCUT2D eigenvalue weighted by atomic mass is 10.1. The Morgan fingerprint density at radius 3 is 2.95 bits per heavy atom. The molecule has 1 fully saturated rings. The van der Waals surface area contributed by atoms with E-state index >= 15 is 0 Å². The van der Waals surface area contributed by atoms with Crippen LogP contribution in [0, 0.1) is 5.92 Å². The van der Waals surface area contributed by atoms with Crippen molar-refractivity contribution in [2.45, 2.75) is 25.9 Å². The van der Waals surface area contributed by atoms with Gasteiger partial charge in [-0.2, -0.15) is 13.2 Å². The van der Waals surface area contributed by atoms with Crippen molar-refractivity contribution in [3.05, 3.63) is 29.6 Å². The average molecular weight is 316 g/mol. The molecule has 1 aliphatic heterocycles. The molecule has 2 rings (SSSR count). The maximum atomic E-state index is 12.9. The summed E-state index contributed by atoms with van der Waals surface area (Å²) in [6.45, 7) is 4.22. The molecular weight excluding hydrogens is 297 g/mol. The first kappa shape index (κ1) is 16.7. The number of aromatic nitrogens is 1. The zero-order valence-corrected chi connectivity index (χ0v) is 12.4. The maximum absolute atomic E-state index is 12.9. The molecular formula is C15H19F3N2O2. The van der Waals surface area contributed by atoms with E-state index in [4.69, 9.17) is 4.74 Å². The van der Waals surface area contributed by atoms with Gasteiger partial charge >= 0.3 is 6.18 Å². The number of carbonyl (C=O) groups excluding carboxylic acids is 1. The number of carbonyl (C=O) groups is 1. The van der Waals surface area contributed by atoms with E-state index in [-0.39, 0.29) is 23.8 Å². The SMILES string of the molecule is CCOC[C@@H]1CCN(C(=O)Cc2cnccc2C(F)(F)F)C1. The summed E-state index contributed by atoms with van der Waals surface area (Å²) in [6.07, 6.45) is -1.71. The number of likely N-dealkylation sites (tertiary alicyclic amines) is 1. The van der Waals surface area contributed by atoms with Gasteiger partial charge in [-0.25, -0.2) is 0 Å². The summed E-state index contributed by atoms with van der Waals surface area (Å²) in [4.78, 5) is 17.5. The Balaban J connectivity index is 1.99.